The van der Waals surface area contributed by atoms with E-state index >= 15 is 0 Å². The maximum atomic E-state index is 5.97. The first-order valence-electron chi connectivity index (χ1n) is 5.35. The number of nitrogens with zero attached hydrogens (tertiary/aromatic N) is 2. The van der Waals surface area contributed by atoms with Gasteiger partial charge in [-0.15, -0.1) is 0 Å². The number of ether oxygens (including phenoxy) is 1. The minimum Gasteiger partial charge on any atom is -0.398 e. The average molecular weight is 233 g/mol. The summed E-state index contributed by atoms with van der Waals surface area (Å²) in [5.41, 5.74) is 8.38. The molecule has 0 aliphatic heterocycles. The zero-order chi connectivity index (χ0) is 12.4. The fraction of sp³-hybridized carbons (Fsp3) is 0.333. The highest BCUT2D eigenvalue weighted by molar-refractivity contribution is 5.72. The second-order valence-electron chi connectivity index (χ2n) is 3.87. The zero-order valence-electron chi connectivity index (χ0n) is 10.1. The molecule has 17 heavy (non-hydrogen) atoms. The van der Waals surface area contributed by atoms with Crippen LogP contribution in [0.5, 0.6) is 0 Å². The van der Waals surface area contributed by atoms with E-state index in [-0.39, 0.29) is 6.10 Å². The van der Waals surface area contributed by atoms with E-state index in [9.17, 15) is 0 Å². The summed E-state index contributed by atoms with van der Waals surface area (Å²) >= 11 is 0. The third kappa shape index (κ3) is 2.14. The van der Waals surface area contributed by atoms with Crippen LogP contribution in [0.15, 0.2) is 22.7 Å². The van der Waals surface area contributed by atoms with Gasteiger partial charge in [-0.05, 0) is 25.5 Å². The number of nitrogens with two attached hydrogens (primary N) is 1. The van der Waals surface area contributed by atoms with Crippen molar-refractivity contribution in [2.45, 2.75) is 20.0 Å². The molecule has 1 unspecified atom stereocenters. The van der Waals surface area contributed by atoms with Crippen LogP contribution < -0.4 is 5.73 Å². The Morgan fingerprint density at radius 1 is 1.41 bits per heavy atom. The molecule has 0 aliphatic rings. The van der Waals surface area contributed by atoms with Gasteiger partial charge in [-0.1, -0.05) is 17.3 Å². The molecule has 0 saturated carbocycles. The zero-order valence-corrected chi connectivity index (χ0v) is 10.1. The molecule has 1 atom stereocenters. The molecule has 0 radical (unpaired) electrons. The molecule has 0 bridgehead atoms. The van der Waals surface area contributed by atoms with Crippen LogP contribution in [0.25, 0.3) is 11.5 Å². The lowest BCUT2D eigenvalue weighted by molar-refractivity contribution is 0.109. The highest BCUT2D eigenvalue weighted by Gasteiger charge is 2.16. The minimum absolute atomic E-state index is 0.196. The maximum absolute atomic E-state index is 5.97. The predicted molar refractivity (Wildman–Crippen MR) is 64.3 cm³/mol. The normalized spacial score (nSPS) is 12.6. The van der Waals surface area contributed by atoms with Gasteiger partial charge in [0, 0.05) is 12.8 Å². The van der Waals surface area contributed by atoms with E-state index in [1.807, 2.05) is 32.0 Å². The summed E-state index contributed by atoms with van der Waals surface area (Å²) in [5.74, 6) is 0.938. The molecule has 0 fully saturated rings. The van der Waals surface area contributed by atoms with Crippen LogP contribution in [0.4, 0.5) is 5.69 Å². The van der Waals surface area contributed by atoms with Gasteiger partial charge in [-0.25, -0.2) is 0 Å². The van der Waals surface area contributed by atoms with Gasteiger partial charge in [-0.2, -0.15) is 4.98 Å². The summed E-state index contributed by atoms with van der Waals surface area (Å²) in [4.78, 5) is 4.27. The van der Waals surface area contributed by atoms with Gasteiger partial charge in [0.25, 0.3) is 5.89 Å². The highest BCUT2D eigenvalue weighted by Crippen LogP contribution is 2.27. The van der Waals surface area contributed by atoms with E-state index in [4.69, 9.17) is 15.0 Å². The quantitative estimate of drug-likeness (QED) is 0.823. The van der Waals surface area contributed by atoms with Crippen molar-refractivity contribution in [2.75, 3.05) is 12.8 Å². The van der Waals surface area contributed by atoms with Gasteiger partial charge < -0.3 is 15.0 Å². The topological polar surface area (TPSA) is 74.2 Å². The van der Waals surface area contributed by atoms with Crippen molar-refractivity contribution in [3.8, 4) is 11.5 Å². The second-order valence-corrected chi connectivity index (χ2v) is 3.87. The van der Waals surface area contributed by atoms with E-state index in [1.165, 1.54) is 0 Å². The van der Waals surface area contributed by atoms with Gasteiger partial charge in [0.2, 0.25) is 5.82 Å². The lowest BCUT2D eigenvalue weighted by Gasteiger charge is -2.03. The molecule has 2 N–H and O–H groups in total. The van der Waals surface area contributed by atoms with Gasteiger partial charge in [-0.3, -0.25) is 0 Å². The van der Waals surface area contributed by atoms with E-state index in [0.29, 0.717) is 17.4 Å². The monoisotopic (exact) mass is 233 g/mol. The van der Waals surface area contributed by atoms with Crippen molar-refractivity contribution in [3.63, 3.8) is 0 Å². The Labute approximate surface area is 99.6 Å². The number of para-hydroxylation sites is 1. The molecule has 1 aromatic carbocycles. The van der Waals surface area contributed by atoms with Crippen LogP contribution in [-0.2, 0) is 4.74 Å². The first-order chi connectivity index (χ1) is 8.13. The fourth-order valence-electron chi connectivity index (χ4n) is 1.48. The Hall–Kier alpha value is -1.88. The fourth-order valence-corrected chi connectivity index (χ4v) is 1.48. The Morgan fingerprint density at radius 2 is 2.18 bits per heavy atom. The van der Waals surface area contributed by atoms with E-state index in [1.54, 1.807) is 7.11 Å². The van der Waals surface area contributed by atoms with Crippen molar-refractivity contribution >= 4 is 5.69 Å². The molecule has 0 saturated heterocycles. The van der Waals surface area contributed by atoms with E-state index in [2.05, 4.69) is 10.1 Å². The molecular formula is C12H15N3O2. The number of hydrogen-bond acceptors (Lipinski definition) is 5. The van der Waals surface area contributed by atoms with E-state index in [0.717, 1.165) is 11.1 Å². The summed E-state index contributed by atoms with van der Waals surface area (Å²) in [6.07, 6.45) is -0.196. The molecule has 90 valence electrons. The van der Waals surface area contributed by atoms with Crippen LogP contribution in [-0.4, -0.2) is 17.3 Å². The van der Waals surface area contributed by atoms with Gasteiger partial charge in [0.05, 0.1) is 5.56 Å². The predicted octanol–water partition coefficient (Wildman–Crippen LogP) is 2.33. The largest absolute Gasteiger partial charge is 0.398 e. The highest BCUT2D eigenvalue weighted by atomic mass is 16.5. The number of methoxy groups -OCH3 is 1. The number of aromatic nitrogens is 2. The maximum Gasteiger partial charge on any atom is 0.260 e. The second kappa shape index (κ2) is 4.55. The first kappa shape index (κ1) is 11.6. The summed E-state index contributed by atoms with van der Waals surface area (Å²) in [5, 5.41) is 3.87. The van der Waals surface area contributed by atoms with Crippen molar-refractivity contribution in [3.05, 3.63) is 29.6 Å². The summed E-state index contributed by atoms with van der Waals surface area (Å²) in [6.45, 7) is 3.79. The molecule has 0 aliphatic carbocycles. The SMILES string of the molecule is COC(C)c1noc(-c2cccc(C)c2N)n1. The molecule has 0 amide bonds. The number of benzene rings is 1. The molecule has 2 rings (SSSR count). The number of anilines is 1. The molecule has 1 heterocycles. The van der Waals surface area contributed by atoms with Gasteiger partial charge in [0.15, 0.2) is 0 Å². The molecule has 1 aromatic heterocycles. The smallest absolute Gasteiger partial charge is 0.260 e. The minimum atomic E-state index is -0.196. The average Bonchev–Trinajstić information content (AvgIpc) is 2.81. The Bertz CT molecular complexity index is 522. The van der Waals surface area contributed by atoms with Crippen molar-refractivity contribution in [1.82, 2.24) is 10.1 Å². The van der Waals surface area contributed by atoms with Crippen LogP contribution in [0.3, 0.4) is 0 Å². The van der Waals surface area contributed by atoms with Crippen LogP contribution in [0.2, 0.25) is 0 Å². The van der Waals surface area contributed by atoms with Gasteiger partial charge in [0.1, 0.15) is 6.10 Å². The molecule has 0 spiro atoms. The molecular weight excluding hydrogens is 218 g/mol. The van der Waals surface area contributed by atoms with Crippen molar-refractivity contribution < 1.29 is 9.26 Å². The third-order valence-corrected chi connectivity index (χ3v) is 2.71. The molecule has 2 aromatic rings. The Kier molecular flexibility index (Phi) is 3.10. The third-order valence-electron chi connectivity index (χ3n) is 2.71. The van der Waals surface area contributed by atoms with Crippen molar-refractivity contribution in [2.24, 2.45) is 0 Å². The van der Waals surface area contributed by atoms with Crippen LogP contribution in [0, 0.1) is 6.92 Å². The Balaban J connectivity index is 2.40. The number of nitrogen functional groups attached to an aromatic ring is 1. The Morgan fingerprint density at radius 3 is 2.88 bits per heavy atom. The summed E-state index contributed by atoms with van der Waals surface area (Å²) in [6, 6.07) is 5.70. The number of aryl methyl sites for hydroxylation is 1. The van der Waals surface area contributed by atoms with Crippen LogP contribution in [0.1, 0.15) is 24.4 Å². The lowest BCUT2D eigenvalue weighted by Crippen LogP contribution is -1.98. The van der Waals surface area contributed by atoms with Crippen molar-refractivity contribution in [1.29, 1.82) is 0 Å². The number of rotatable bonds is 3. The summed E-state index contributed by atoms with van der Waals surface area (Å²) < 4.78 is 10.3. The number of hydrogen-bond donors (Lipinski definition) is 1. The lowest BCUT2D eigenvalue weighted by atomic mass is 10.1. The van der Waals surface area contributed by atoms with Crippen LogP contribution >= 0.6 is 0 Å². The van der Waals surface area contributed by atoms with E-state index < -0.39 is 0 Å². The standard InChI is InChI=1S/C12H15N3O2/c1-7-5-4-6-9(10(7)13)12-14-11(15-17-12)8(2)16-3/h4-6,8H,13H2,1-3H3. The summed E-state index contributed by atoms with van der Waals surface area (Å²) in [7, 11) is 1.60. The molecule has 5 heteroatoms. The van der Waals surface area contributed by atoms with Gasteiger partial charge >= 0.3 is 0 Å². The molecule has 5 nitrogen and oxygen atoms in total. The first-order valence-corrected chi connectivity index (χ1v) is 5.35.